The zero-order chi connectivity index (χ0) is 15.3. The maximum atomic E-state index is 11.9. The number of amides is 1. The Morgan fingerprint density at radius 3 is 2.50 bits per heavy atom. The summed E-state index contributed by atoms with van der Waals surface area (Å²) < 4.78 is 5.20. The number of carboxylic acids is 1. The number of ether oxygens (including phenoxy) is 1. The average Bonchev–Trinajstić information content (AvgIpc) is 2.37. The Labute approximate surface area is 118 Å². The van der Waals surface area contributed by atoms with Gasteiger partial charge in [0.1, 0.15) is 11.8 Å². The van der Waals surface area contributed by atoms with Crippen molar-refractivity contribution >= 4 is 11.9 Å². The van der Waals surface area contributed by atoms with E-state index in [1.54, 1.807) is 27.0 Å². The predicted octanol–water partition coefficient (Wildman–Crippen LogP) is 1.77. The number of carboxylic acid groups (broad SMARTS) is 1. The molecular weight excluding hydrogens is 258 g/mol. The molecule has 0 spiro atoms. The zero-order valence-corrected chi connectivity index (χ0v) is 12.3. The van der Waals surface area contributed by atoms with Gasteiger partial charge in [0, 0.05) is 0 Å². The Kier molecular flexibility index (Phi) is 5.55. The van der Waals surface area contributed by atoms with E-state index < -0.39 is 12.0 Å². The number of hydrogen-bond donors (Lipinski definition) is 2. The summed E-state index contributed by atoms with van der Waals surface area (Å²) >= 11 is 0. The first kappa shape index (κ1) is 16.0. The van der Waals surface area contributed by atoms with Gasteiger partial charge in [0.15, 0.2) is 0 Å². The first-order valence-electron chi connectivity index (χ1n) is 6.50. The molecule has 5 nitrogen and oxygen atoms in total. The molecular formula is C15H21NO4. The lowest BCUT2D eigenvalue weighted by Crippen LogP contribution is -2.44. The van der Waals surface area contributed by atoms with Crippen molar-refractivity contribution in [3.63, 3.8) is 0 Å². The Hall–Kier alpha value is -2.04. The highest BCUT2D eigenvalue weighted by molar-refractivity contribution is 5.85. The summed E-state index contributed by atoms with van der Waals surface area (Å²) in [4.78, 5) is 22.9. The lowest BCUT2D eigenvalue weighted by molar-refractivity contribution is -0.143. The SMILES string of the molecule is COc1cc(CC(=O)N[C@@H](C(=O)O)C(C)C)ccc1C. The highest BCUT2D eigenvalue weighted by Crippen LogP contribution is 2.19. The Balaban J connectivity index is 2.73. The fourth-order valence-corrected chi connectivity index (χ4v) is 1.90. The van der Waals surface area contributed by atoms with Crippen LogP contribution in [0.2, 0.25) is 0 Å². The van der Waals surface area contributed by atoms with Crippen LogP contribution in [0.5, 0.6) is 5.75 Å². The molecule has 1 aromatic carbocycles. The van der Waals surface area contributed by atoms with Crippen LogP contribution in [0.1, 0.15) is 25.0 Å². The number of nitrogens with one attached hydrogen (secondary N) is 1. The van der Waals surface area contributed by atoms with Crippen molar-refractivity contribution in [2.75, 3.05) is 7.11 Å². The largest absolute Gasteiger partial charge is 0.496 e. The van der Waals surface area contributed by atoms with Gasteiger partial charge in [-0.2, -0.15) is 0 Å². The predicted molar refractivity (Wildman–Crippen MR) is 75.8 cm³/mol. The van der Waals surface area contributed by atoms with Crippen LogP contribution in [0.15, 0.2) is 18.2 Å². The van der Waals surface area contributed by atoms with Gasteiger partial charge in [0.25, 0.3) is 0 Å². The average molecular weight is 279 g/mol. The summed E-state index contributed by atoms with van der Waals surface area (Å²) in [6, 6.07) is 4.64. The molecule has 0 aliphatic rings. The molecule has 0 heterocycles. The summed E-state index contributed by atoms with van der Waals surface area (Å²) in [5.41, 5.74) is 1.78. The number of aliphatic carboxylic acids is 1. The van der Waals surface area contributed by atoms with Gasteiger partial charge < -0.3 is 15.2 Å². The molecule has 20 heavy (non-hydrogen) atoms. The van der Waals surface area contributed by atoms with Crippen molar-refractivity contribution in [1.82, 2.24) is 5.32 Å². The van der Waals surface area contributed by atoms with E-state index >= 15 is 0 Å². The van der Waals surface area contributed by atoms with Crippen molar-refractivity contribution in [3.05, 3.63) is 29.3 Å². The molecule has 0 unspecified atom stereocenters. The van der Waals surface area contributed by atoms with E-state index in [1.807, 2.05) is 19.1 Å². The van der Waals surface area contributed by atoms with Crippen molar-refractivity contribution in [1.29, 1.82) is 0 Å². The Morgan fingerprint density at radius 1 is 1.35 bits per heavy atom. The number of carbonyl (C=O) groups excluding carboxylic acids is 1. The topological polar surface area (TPSA) is 75.6 Å². The van der Waals surface area contributed by atoms with Gasteiger partial charge in [-0.3, -0.25) is 4.79 Å². The molecule has 0 bridgehead atoms. The van der Waals surface area contributed by atoms with Crippen molar-refractivity contribution in [2.24, 2.45) is 5.92 Å². The highest BCUT2D eigenvalue weighted by Gasteiger charge is 2.23. The van der Waals surface area contributed by atoms with Crippen LogP contribution in [-0.2, 0) is 16.0 Å². The van der Waals surface area contributed by atoms with Crippen LogP contribution in [-0.4, -0.2) is 30.1 Å². The number of methoxy groups -OCH3 is 1. The molecule has 5 heteroatoms. The van der Waals surface area contributed by atoms with E-state index in [0.717, 1.165) is 11.1 Å². The number of hydrogen-bond acceptors (Lipinski definition) is 3. The third-order valence-corrected chi connectivity index (χ3v) is 3.09. The summed E-state index contributed by atoms with van der Waals surface area (Å²) in [5.74, 6) is -0.773. The van der Waals surface area contributed by atoms with Crippen molar-refractivity contribution < 1.29 is 19.4 Å². The van der Waals surface area contributed by atoms with E-state index in [-0.39, 0.29) is 18.2 Å². The van der Waals surface area contributed by atoms with E-state index in [0.29, 0.717) is 5.75 Å². The molecule has 1 amide bonds. The standard InChI is InChI=1S/C15H21NO4/c1-9(2)14(15(18)19)16-13(17)8-11-6-5-10(3)12(7-11)20-4/h5-7,9,14H,8H2,1-4H3,(H,16,17)(H,18,19)/t14-/m1/s1. The van der Waals surface area contributed by atoms with Gasteiger partial charge >= 0.3 is 5.97 Å². The number of rotatable bonds is 6. The van der Waals surface area contributed by atoms with Crippen LogP contribution in [0.25, 0.3) is 0 Å². The molecule has 1 aromatic rings. The molecule has 110 valence electrons. The van der Waals surface area contributed by atoms with Gasteiger partial charge in [-0.25, -0.2) is 4.79 Å². The van der Waals surface area contributed by atoms with Crippen LogP contribution in [0.3, 0.4) is 0 Å². The molecule has 0 radical (unpaired) electrons. The molecule has 0 aliphatic carbocycles. The summed E-state index contributed by atoms with van der Waals surface area (Å²) in [5, 5.41) is 11.6. The number of aryl methyl sites for hydroxylation is 1. The molecule has 0 fully saturated rings. The third kappa shape index (κ3) is 4.26. The quantitative estimate of drug-likeness (QED) is 0.832. The minimum absolute atomic E-state index is 0.132. The smallest absolute Gasteiger partial charge is 0.326 e. The van der Waals surface area contributed by atoms with Crippen LogP contribution < -0.4 is 10.1 Å². The minimum atomic E-state index is -1.02. The van der Waals surface area contributed by atoms with Crippen molar-refractivity contribution in [3.8, 4) is 5.75 Å². The summed E-state index contributed by atoms with van der Waals surface area (Å²) in [6.45, 7) is 5.43. The summed E-state index contributed by atoms with van der Waals surface area (Å²) in [6.07, 6.45) is 0.132. The second kappa shape index (κ2) is 6.93. The van der Waals surface area contributed by atoms with E-state index in [4.69, 9.17) is 9.84 Å². The zero-order valence-electron chi connectivity index (χ0n) is 12.3. The first-order chi connectivity index (χ1) is 9.35. The molecule has 0 aliphatic heterocycles. The maximum Gasteiger partial charge on any atom is 0.326 e. The molecule has 2 N–H and O–H groups in total. The van der Waals surface area contributed by atoms with E-state index in [2.05, 4.69) is 5.32 Å². The van der Waals surface area contributed by atoms with Gasteiger partial charge in [-0.15, -0.1) is 0 Å². The lowest BCUT2D eigenvalue weighted by Gasteiger charge is -2.18. The summed E-state index contributed by atoms with van der Waals surface area (Å²) in [7, 11) is 1.57. The molecule has 0 saturated heterocycles. The Bertz CT molecular complexity index is 497. The monoisotopic (exact) mass is 279 g/mol. The fourth-order valence-electron chi connectivity index (χ4n) is 1.90. The second-order valence-electron chi connectivity index (χ2n) is 5.11. The second-order valence-corrected chi connectivity index (χ2v) is 5.11. The first-order valence-corrected chi connectivity index (χ1v) is 6.50. The Morgan fingerprint density at radius 2 is 2.00 bits per heavy atom. The number of benzene rings is 1. The molecule has 0 saturated carbocycles. The van der Waals surface area contributed by atoms with Gasteiger partial charge in [-0.05, 0) is 30.0 Å². The third-order valence-electron chi connectivity index (χ3n) is 3.09. The maximum absolute atomic E-state index is 11.9. The molecule has 1 rings (SSSR count). The molecule has 1 atom stereocenters. The van der Waals surface area contributed by atoms with Gasteiger partial charge in [0.2, 0.25) is 5.91 Å². The van der Waals surface area contributed by atoms with E-state index in [9.17, 15) is 9.59 Å². The lowest BCUT2D eigenvalue weighted by atomic mass is 10.0. The van der Waals surface area contributed by atoms with Crippen LogP contribution in [0, 0.1) is 12.8 Å². The number of carbonyl (C=O) groups is 2. The van der Waals surface area contributed by atoms with Gasteiger partial charge in [0.05, 0.1) is 13.5 Å². The molecule has 0 aromatic heterocycles. The normalized spacial score (nSPS) is 12.1. The van der Waals surface area contributed by atoms with E-state index in [1.165, 1.54) is 0 Å². The van der Waals surface area contributed by atoms with Crippen LogP contribution >= 0.6 is 0 Å². The highest BCUT2D eigenvalue weighted by atomic mass is 16.5. The fraction of sp³-hybridized carbons (Fsp3) is 0.467. The minimum Gasteiger partial charge on any atom is -0.496 e. The van der Waals surface area contributed by atoms with Crippen LogP contribution in [0.4, 0.5) is 0 Å². The van der Waals surface area contributed by atoms with Crippen molar-refractivity contribution in [2.45, 2.75) is 33.2 Å². The van der Waals surface area contributed by atoms with Gasteiger partial charge in [-0.1, -0.05) is 26.0 Å².